The van der Waals surface area contributed by atoms with Crippen LogP contribution in [0, 0.1) is 11.3 Å². The number of nitriles is 1. The molecule has 1 aliphatic heterocycles. The van der Waals surface area contributed by atoms with Crippen molar-refractivity contribution in [1.29, 1.82) is 5.26 Å². The first-order valence-electron chi connectivity index (χ1n) is 17.9. The van der Waals surface area contributed by atoms with Crippen LogP contribution in [0.4, 0.5) is 0 Å². The van der Waals surface area contributed by atoms with Gasteiger partial charge in [0.25, 0.3) is 0 Å². The molecule has 2 heterocycles. The van der Waals surface area contributed by atoms with Crippen LogP contribution in [0.15, 0.2) is 176 Å². The molecule has 0 saturated carbocycles. The van der Waals surface area contributed by atoms with Crippen molar-refractivity contribution >= 4 is 21.8 Å². The maximum atomic E-state index is 9.94. The van der Waals surface area contributed by atoms with Gasteiger partial charge in [-0.2, -0.15) is 5.26 Å². The van der Waals surface area contributed by atoms with E-state index in [1.807, 2.05) is 36.4 Å². The highest BCUT2D eigenvalue weighted by Gasteiger charge is 2.51. The lowest BCUT2D eigenvalue weighted by atomic mass is 9.66. The Bertz CT molecular complexity index is 2960. The molecule has 0 unspecified atom stereocenters. The first-order valence-corrected chi connectivity index (χ1v) is 17.9. The van der Waals surface area contributed by atoms with Crippen molar-refractivity contribution in [3.63, 3.8) is 0 Å². The van der Waals surface area contributed by atoms with Gasteiger partial charge in [0.15, 0.2) is 0 Å². The second-order valence-electron chi connectivity index (χ2n) is 13.8. The maximum absolute atomic E-state index is 9.94. The predicted octanol–water partition coefficient (Wildman–Crippen LogP) is 11.9. The zero-order valence-corrected chi connectivity index (χ0v) is 28.5. The summed E-state index contributed by atoms with van der Waals surface area (Å²) in [5.41, 5.74) is 13.3. The Kier molecular flexibility index (Phi) is 6.20. The van der Waals surface area contributed by atoms with Crippen LogP contribution in [0.5, 0.6) is 11.5 Å². The average molecular weight is 676 g/mol. The highest BCUT2D eigenvalue weighted by Crippen LogP contribution is 2.62. The van der Waals surface area contributed by atoms with Gasteiger partial charge >= 0.3 is 0 Å². The second-order valence-corrected chi connectivity index (χ2v) is 13.8. The fraction of sp³-hybridized carbons (Fsp3) is 0.0204. The Labute approximate surface area is 306 Å². The Morgan fingerprint density at radius 2 is 1.13 bits per heavy atom. The van der Waals surface area contributed by atoms with E-state index in [1.54, 1.807) is 0 Å². The van der Waals surface area contributed by atoms with Crippen molar-refractivity contribution in [1.82, 2.24) is 9.55 Å². The monoisotopic (exact) mass is 675 g/mol. The second kappa shape index (κ2) is 11.1. The number of para-hydroxylation sites is 4. The average Bonchev–Trinajstić information content (AvgIpc) is 3.75. The minimum atomic E-state index is -0.673. The number of hydrogen-bond donors (Lipinski definition) is 0. The third-order valence-electron chi connectivity index (χ3n) is 11.1. The lowest BCUT2D eigenvalue weighted by Crippen LogP contribution is -2.32. The Balaban J connectivity index is 1.23. The SMILES string of the molecule is N#Cc1ccc(-c2ccc3c(c2)C2(c4ccccc4Oc4ccccc42)c2cc(-n4c(-c5ccccc5)nc5ccccc54)ccc2-3)c2ccccc12. The van der Waals surface area contributed by atoms with E-state index in [-0.39, 0.29) is 0 Å². The molecule has 2 aliphatic rings. The molecular formula is C49H29N3O. The van der Waals surface area contributed by atoms with Gasteiger partial charge in [-0.05, 0) is 87.3 Å². The fourth-order valence-electron chi connectivity index (χ4n) is 8.91. The number of rotatable bonds is 3. The minimum absolute atomic E-state index is 0.673. The largest absolute Gasteiger partial charge is 0.457 e. The number of imidazole rings is 1. The van der Waals surface area contributed by atoms with Crippen LogP contribution in [-0.2, 0) is 5.41 Å². The summed E-state index contributed by atoms with van der Waals surface area (Å²) in [6.45, 7) is 0. The van der Waals surface area contributed by atoms with Crippen molar-refractivity contribution in [3.05, 3.63) is 204 Å². The summed E-state index contributed by atoms with van der Waals surface area (Å²) < 4.78 is 8.98. The zero-order chi connectivity index (χ0) is 35.1. The van der Waals surface area contributed by atoms with Gasteiger partial charge in [-0.25, -0.2) is 4.98 Å². The van der Waals surface area contributed by atoms with Gasteiger partial charge in [0, 0.05) is 27.8 Å². The lowest BCUT2D eigenvalue weighted by molar-refractivity contribution is 0.436. The number of benzene rings is 8. The van der Waals surface area contributed by atoms with Gasteiger partial charge in [-0.15, -0.1) is 0 Å². The van der Waals surface area contributed by atoms with Gasteiger partial charge < -0.3 is 4.74 Å². The van der Waals surface area contributed by atoms with Crippen LogP contribution in [0.3, 0.4) is 0 Å². The molecule has 1 spiro atoms. The molecule has 246 valence electrons. The highest BCUT2D eigenvalue weighted by molar-refractivity contribution is 6.01. The van der Waals surface area contributed by atoms with Crippen LogP contribution in [0.2, 0.25) is 0 Å². The van der Waals surface area contributed by atoms with Crippen LogP contribution >= 0.6 is 0 Å². The highest BCUT2D eigenvalue weighted by atomic mass is 16.5. The quantitative estimate of drug-likeness (QED) is 0.187. The van der Waals surface area contributed by atoms with E-state index in [2.05, 4.69) is 150 Å². The molecule has 0 amide bonds. The van der Waals surface area contributed by atoms with Crippen LogP contribution < -0.4 is 4.74 Å². The molecule has 1 aliphatic carbocycles. The molecule has 9 aromatic rings. The summed E-state index contributed by atoms with van der Waals surface area (Å²) in [6, 6.07) is 64.2. The molecule has 11 rings (SSSR count). The molecular weight excluding hydrogens is 647 g/mol. The molecule has 0 saturated heterocycles. The molecule has 0 radical (unpaired) electrons. The minimum Gasteiger partial charge on any atom is -0.457 e. The molecule has 53 heavy (non-hydrogen) atoms. The molecule has 1 aromatic heterocycles. The van der Waals surface area contributed by atoms with Crippen molar-refractivity contribution < 1.29 is 4.74 Å². The number of hydrogen-bond acceptors (Lipinski definition) is 3. The molecule has 4 heteroatoms. The summed E-state index contributed by atoms with van der Waals surface area (Å²) in [4.78, 5) is 5.17. The summed E-state index contributed by atoms with van der Waals surface area (Å²) in [5, 5.41) is 12.0. The summed E-state index contributed by atoms with van der Waals surface area (Å²) >= 11 is 0. The number of nitrogens with zero attached hydrogens (tertiary/aromatic N) is 3. The first-order chi connectivity index (χ1) is 26.2. The van der Waals surface area contributed by atoms with E-state index in [1.165, 1.54) is 22.3 Å². The zero-order valence-electron chi connectivity index (χ0n) is 28.5. The van der Waals surface area contributed by atoms with Crippen molar-refractivity contribution in [2.75, 3.05) is 0 Å². The van der Waals surface area contributed by atoms with E-state index in [4.69, 9.17) is 9.72 Å². The van der Waals surface area contributed by atoms with Gasteiger partial charge in [0.1, 0.15) is 17.3 Å². The topological polar surface area (TPSA) is 50.8 Å². The third kappa shape index (κ3) is 4.08. The van der Waals surface area contributed by atoms with E-state index < -0.39 is 5.41 Å². The van der Waals surface area contributed by atoms with Crippen molar-refractivity contribution in [2.45, 2.75) is 5.41 Å². The number of aromatic nitrogens is 2. The summed E-state index contributed by atoms with van der Waals surface area (Å²) in [6.07, 6.45) is 0. The Hall–Kier alpha value is -7.22. The molecule has 0 fully saturated rings. The van der Waals surface area contributed by atoms with Crippen molar-refractivity contribution in [3.8, 4) is 56.9 Å². The summed E-state index contributed by atoms with van der Waals surface area (Å²) in [5.74, 6) is 2.60. The third-order valence-corrected chi connectivity index (χ3v) is 11.1. The number of fused-ring (bicyclic) bond motifs is 11. The van der Waals surface area contributed by atoms with Crippen LogP contribution in [0.1, 0.15) is 27.8 Å². The van der Waals surface area contributed by atoms with E-state index in [9.17, 15) is 5.26 Å². The van der Waals surface area contributed by atoms with Gasteiger partial charge in [0.05, 0.1) is 28.1 Å². The van der Waals surface area contributed by atoms with Gasteiger partial charge in [0.2, 0.25) is 0 Å². The fourth-order valence-corrected chi connectivity index (χ4v) is 8.91. The first kappa shape index (κ1) is 29.5. The van der Waals surface area contributed by atoms with Crippen molar-refractivity contribution in [2.24, 2.45) is 0 Å². The van der Waals surface area contributed by atoms with Gasteiger partial charge in [-0.1, -0.05) is 127 Å². The molecule has 4 nitrogen and oxygen atoms in total. The normalized spacial score (nSPS) is 13.2. The van der Waals surface area contributed by atoms with Crippen LogP contribution in [0.25, 0.3) is 61.1 Å². The molecule has 0 bridgehead atoms. The Morgan fingerprint density at radius 3 is 1.91 bits per heavy atom. The van der Waals surface area contributed by atoms with E-state index in [0.717, 1.165) is 72.6 Å². The summed E-state index contributed by atoms with van der Waals surface area (Å²) in [7, 11) is 0. The molecule has 0 atom stereocenters. The van der Waals surface area contributed by atoms with Crippen LogP contribution in [-0.4, -0.2) is 9.55 Å². The lowest BCUT2D eigenvalue weighted by Gasteiger charge is -2.39. The molecule has 8 aromatic carbocycles. The molecule has 0 N–H and O–H groups in total. The van der Waals surface area contributed by atoms with E-state index in [0.29, 0.717) is 5.56 Å². The van der Waals surface area contributed by atoms with E-state index >= 15 is 0 Å². The number of ether oxygens (including phenoxy) is 1. The Morgan fingerprint density at radius 1 is 0.509 bits per heavy atom. The maximum Gasteiger partial charge on any atom is 0.145 e. The predicted molar refractivity (Wildman–Crippen MR) is 212 cm³/mol. The standard InChI is InChI=1S/C49H29N3O/c50-30-33-23-25-36(37-15-5-4-14-35(33)37)32-22-26-38-39-27-24-34(52-45-19-9-8-18-44(45)51-48(52)31-12-2-1-3-13-31)29-43(39)49(42(38)28-32)40-16-6-10-20-46(40)53-47-21-11-7-17-41(47)49/h1-29H. The smallest absolute Gasteiger partial charge is 0.145 e. The van der Waals surface area contributed by atoms with Gasteiger partial charge in [-0.3, -0.25) is 4.57 Å².